The Hall–Kier alpha value is -0.910. The maximum absolute atomic E-state index is 12.5. The van der Waals surface area contributed by atoms with Gasteiger partial charge in [-0.05, 0) is 61.3 Å². The highest BCUT2D eigenvalue weighted by Crippen LogP contribution is 2.30. The van der Waals surface area contributed by atoms with Crippen LogP contribution in [0.15, 0.2) is 23.1 Å². The molecule has 1 aromatic carbocycles. The van der Waals surface area contributed by atoms with Crippen molar-refractivity contribution in [1.29, 1.82) is 0 Å². The van der Waals surface area contributed by atoms with Gasteiger partial charge in [0.1, 0.15) is 0 Å². The molecule has 0 aliphatic heterocycles. The first-order valence-electron chi connectivity index (χ1n) is 7.56. The summed E-state index contributed by atoms with van der Waals surface area (Å²) in [5, 5.41) is 9.28. The average Bonchev–Trinajstić information content (AvgIpc) is 2.43. The Morgan fingerprint density at radius 1 is 1.24 bits per heavy atom. The van der Waals surface area contributed by atoms with E-state index in [9.17, 15) is 13.5 Å². The van der Waals surface area contributed by atoms with Crippen LogP contribution in [-0.4, -0.2) is 19.6 Å². The zero-order valence-corrected chi connectivity index (χ0v) is 13.8. The van der Waals surface area contributed by atoms with Gasteiger partial charge in [-0.2, -0.15) is 0 Å². The normalized spacial score (nSPS) is 26.8. The van der Waals surface area contributed by atoms with Crippen molar-refractivity contribution in [3.8, 4) is 0 Å². The summed E-state index contributed by atoms with van der Waals surface area (Å²) in [6.45, 7) is 6.12. The van der Waals surface area contributed by atoms with Gasteiger partial charge in [0.2, 0.25) is 10.0 Å². The van der Waals surface area contributed by atoms with Gasteiger partial charge in [-0.25, -0.2) is 13.1 Å². The Balaban J connectivity index is 2.15. The largest absolute Gasteiger partial charge is 0.392 e. The molecule has 21 heavy (non-hydrogen) atoms. The lowest BCUT2D eigenvalue weighted by Crippen LogP contribution is -2.39. The molecule has 3 unspecified atom stereocenters. The smallest absolute Gasteiger partial charge is 0.240 e. The van der Waals surface area contributed by atoms with E-state index < -0.39 is 10.0 Å². The Bertz CT molecular complexity index is 598. The molecule has 2 N–H and O–H groups in total. The van der Waals surface area contributed by atoms with Crippen LogP contribution in [0.1, 0.15) is 44.2 Å². The van der Waals surface area contributed by atoms with Crippen LogP contribution in [0.5, 0.6) is 0 Å². The van der Waals surface area contributed by atoms with Gasteiger partial charge in [0.05, 0.1) is 11.5 Å². The van der Waals surface area contributed by atoms with Crippen molar-refractivity contribution in [2.75, 3.05) is 0 Å². The van der Waals surface area contributed by atoms with Crippen LogP contribution in [0.3, 0.4) is 0 Å². The zero-order valence-electron chi connectivity index (χ0n) is 13.0. The number of aliphatic hydroxyl groups is 1. The molecule has 2 rings (SSSR count). The molecule has 1 aliphatic carbocycles. The lowest BCUT2D eigenvalue weighted by Gasteiger charge is -2.32. The summed E-state index contributed by atoms with van der Waals surface area (Å²) in [5.74, 6) is 1.20. The Morgan fingerprint density at radius 3 is 2.57 bits per heavy atom. The monoisotopic (exact) mass is 311 g/mol. The van der Waals surface area contributed by atoms with Crippen LogP contribution in [0, 0.1) is 18.8 Å². The van der Waals surface area contributed by atoms with E-state index in [0.717, 1.165) is 24.8 Å². The van der Waals surface area contributed by atoms with Gasteiger partial charge in [0.15, 0.2) is 0 Å². The summed E-state index contributed by atoms with van der Waals surface area (Å²) in [5.41, 5.74) is 1.56. The molecular formula is C16H25NO3S. The first-order chi connectivity index (χ1) is 9.83. The molecule has 0 saturated heterocycles. The van der Waals surface area contributed by atoms with E-state index in [1.165, 1.54) is 0 Å². The molecule has 0 heterocycles. The lowest BCUT2D eigenvalue weighted by atomic mass is 9.79. The zero-order chi connectivity index (χ0) is 15.6. The molecule has 5 heteroatoms. The van der Waals surface area contributed by atoms with Crippen LogP contribution in [0.4, 0.5) is 0 Å². The summed E-state index contributed by atoms with van der Waals surface area (Å²) < 4.78 is 27.8. The first kappa shape index (κ1) is 16.5. The van der Waals surface area contributed by atoms with Gasteiger partial charge in [-0.1, -0.05) is 19.9 Å². The summed E-state index contributed by atoms with van der Waals surface area (Å²) >= 11 is 0. The van der Waals surface area contributed by atoms with Crippen LogP contribution in [0.25, 0.3) is 0 Å². The molecule has 0 spiro atoms. The first-order valence-corrected chi connectivity index (χ1v) is 9.04. The number of aryl methyl sites for hydroxylation is 1. The lowest BCUT2D eigenvalue weighted by molar-refractivity contribution is 0.242. The quantitative estimate of drug-likeness (QED) is 0.898. The number of benzene rings is 1. The number of hydrogen-bond acceptors (Lipinski definition) is 3. The minimum atomic E-state index is -3.51. The molecule has 0 aromatic heterocycles. The fraction of sp³-hybridized carbons (Fsp3) is 0.625. The number of sulfonamides is 1. The third-order valence-corrected chi connectivity index (χ3v) is 6.24. The second-order valence-corrected chi connectivity index (χ2v) is 8.05. The van der Waals surface area contributed by atoms with Gasteiger partial charge in [-0.15, -0.1) is 0 Å². The predicted octanol–water partition coefficient (Wildman–Crippen LogP) is 2.59. The van der Waals surface area contributed by atoms with E-state index in [-0.39, 0.29) is 17.5 Å². The van der Waals surface area contributed by atoms with E-state index in [4.69, 9.17) is 0 Å². The highest BCUT2D eigenvalue weighted by molar-refractivity contribution is 7.89. The maximum Gasteiger partial charge on any atom is 0.240 e. The summed E-state index contributed by atoms with van der Waals surface area (Å²) in [4.78, 5) is 0.239. The third-order valence-electron chi connectivity index (χ3n) is 4.72. The van der Waals surface area contributed by atoms with Crippen molar-refractivity contribution in [2.45, 2.75) is 57.6 Å². The number of aliphatic hydroxyl groups excluding tert-OH is 1. The van der Waals surface area contributed by atoms with E-state index in [1.54, 1.807) is 18.2 Å². The Morgan fingerprint density at radius 2 is 1.95 bits per heavy atom. The molecule has 1 aromatic rings. The molecule has 0 radical (unpaired) electrons. The Labute approximate surface area is 127 Å². The fourth-order valence-corrected chi connectivity index (χ4v) is 4.26. The number of nitrogens with one attached hydrogen (secondary N) is 1. The van der Waals surface area contributed by atoms with Gasteiger partial charge in [0, 0.05) is 6.04 Å². The van der Waals surface area contributed by atoms with Crippen molar-refractivity contribution in [2.24, 2.45) is 11.8 Å². The van der Waals surface area contributed by atoms with E-state index in [1.807, 2.05) is 6.92 Å². The summed E-state index contributed by atoms with van der Waals surface area (Å²) in [6, 6.07) is 4.92. The van der Waals surface area contributed by atoms with E-state index in [2.05, 4.69) is 18.6 Å². The van der Waals surface area contributed by atoms with Crippen LogP contribution < -0.4 is 4.72 Å². The van der Waals surface area contributed by atoms with Crippen LogP contribution >= 0.6 is 0 Å². The average molecular weight is 311 g/mol. The second-order valence-electron chi connectivity index (χ2n) is 6.33. The van der Waals surface area contributed by atoms with Crippen molar-refractivity contribution < 1.29 is 13.5 Å². The van der Waals surface area contributed by atoms with Gasteiger partial charge in [-0.3, -0.25) is 0 Å². The molecule has 3 atom stereocenters. The number of hydrogen-bond donors (Lipinski definition) is 2. The Kier molecular flexibility index (Phi) is 5.07. The highest BCUT2D eigenvalue weighted by atomic mass is 32.2. The molecule has 4 nitrogen and oxygen atoms in total. The van der Waals surface area contributed by atoms with Crippen molar-refractivity contribution in [3.05, 3.63) is 29.3 Å². The summed E-state index contributed by atoms with van der Waals surface area (Å²) in [6.07, 6.45) is 2.84. The standard InChI is InChI=1S/C16H25NO3S/c1-11-4-6-15(8-13(11)3)17-21(19,20)16-7-5-12(2)14(9-16)10-18/h5,7,9,11,13,15,17-18H,4,6,8,10H2,1-3H3. The van der Waals surface area contributed by atoms with Gasteiger partial charge in [0.25, 0.3) is 0 Å². The van der Waals surface area contributed by atoms with Crippen molar-refractivity contribution in [1.82, 2.24) is 4.72 Å². The molecule has 1 fully saturated rings. The third kappa shape index (κ3) is 3.84. The molecule has 1 aliphatic rings. The number of rotatable bonds is 4. The van der Waals surface area contributed by atoms with E-state index >= 15 is 0 Å². The minimum Gasteiger partial charge on any atom is -0.392 e. The van der Waals surface area contributed by atoms with Crippen molar-refractivity contribution in [3.63, 3.8) is 0 Å². The topological polar surface area (TPSA) is 66.4 Å². The summed E-state index contributed by atoms with van der Waals surface area (Å²) in [7, 11) is -3.51. The second kappa shape index (κ2) is 6.46. The molecule has 0 bridgehead atoms. The highest BCUT2D eigenvalue weighted by Gasteiger charge is 2.28. The molecule has 0 amide bonds. The van der Waals surface area contributed by atoms with Crippen LogP contribution in [0.2, 0.25) is 0 Å². The SMILES string of the molecule is Cc1ccc(S(=O)(=O)NC2CCC(C)C(C)C2)cc1CO. The maximum atomic E-state index is 12.5. The molecular weight excluding hydrogens is 286 g/mol. The van der Waals surface area contributed by atoms with Gasteiger partial charge >= 0.3 is 0 Å². The predicted molar refractivity (Wildman–Crippen MR) is 83.4 cm³/mol. The van der Waals surface area contributed by atoms with Gasteiger partial charge < -0.3 is 5.11 Å². The minimum absolute atomic E-state index is 0.0140. The fourth-order valence-electron chi connectivity index (χ4n) is 2.93. The van der Waals surface area contributed by atoms with Crippen molar-refractivity contribution >= 4 is 10.0 Å². The van der Waals surface area contributed by atoms with E-state index in [0.29, 0.717) is 17.4 Å². The van der Waals surface area contributed by atoms with Crippen LogP contribution in [-0.2, 0) is 16.6 Å². The molecule has 1 saturated carbocycles. The molecule has 118 valence electrons.